The highest BCUT2D eigenvalue weighted by atomic mass is 16.4. The molecule has 0 fully saturated rings. The Morgan fingerprint density at radius 2 is 2.11 bits per heavy atom. The number of nitrogens with zero attached hydrogens (tertiary/aromatic N) is 2. The van der Waals surface area contributed by atoms with Crippen molar-refractivity contribution in [1.82, 2.24) is 10.2 Å². The molecule has 6 nitrogen and oxygen atoms in total. The van der Waals surface area contributed by atoms with Crippen LogP contribution >= 0.6 is 0 Å². The normalized spacial score (nSPS) is 13.2. The van der Waals surface area contributed by atoms with Gasteiger partial charge < -0.3 is 15.3 Å². The molecule has 0 aliphatic rings. The van der Waals surface area contributed by atoms with Gasteiger partial charge in [0.25, 0.3) is 0 Å². The van der Waals surface area contributed by atoms with Crippen molar-refractivity contribution in [2.24, 2.45) is 0 Å². The number of nitrogens with one attached hydrogen (secondary N) is 1. The SMILES string of the molecule is CCCCC(NC(=O)N(C)C(C)CC#N)C(=O)O. The summed E-state index contributed by atoms with van der Waals surface area (Å²) in [7, 11) is 1.55. The molecule has 2 atom stereocenters. The summed E-state index contributed by atoms with van der Waals surface area (Å²) >= 11 is 0. The van der Waals surface area contributed by atoms with Crippen molar-refractivity contribution < 1.29 is 14.7 Å². The Labute approximate surface area is 108 Å². The number of unbranched alkanes of at least 4 members (excludes halogenated alkanes) is 1. The van der Waals surface area contributed by atoms with E-state index < -0.39 is 18.0 Å². The molecule has 0 aliphatic carbocycles. The highest BCUT2D eigenvalue weighted by molar-refractivity contribution is 5.82. The lowest BCUT2D eigenvalue weighted by molar-refractivity contribution is -0.139. The maximum absolute atomic E-state index is 11.8. The summed E-state index contributed by atoms with van der Waals surface area (Å²) in [6.07, 6.45) is 2.25. The first-order valence-electron chi connectivity index (χ1n) is 6.07. The molecule has 2 amide bonds. The average molecular weight is 255 g/mol. The van der Waals surface area contributed by atoms with Crippen molar-refractivity contribution in [2.45, 2.75) is 51.6 Å². The monoisotopic (exact) mass is 255 g/mol. The predicted octanol–water partition coefficient (Wildman–Crippen LogP) is 1.57. The molecule has 2 N–H and O–H groups in total. The van der Waals surface area contributed by atoms with E-state index in [1.54, 1.807) is 14.0 Å². The van der Waals surface area contributed by atoms with Crippen LogP contribution in [0.15, 0.2) is 0 Å². The van der Waals surface area contributed by atoms with E-state index in [2.05, 4.69) is 5.32 Å². The first-order chi connectivity index (χ1) is 8.43. The molecule has 0 heterocycles. The van der Waals surface area contributed by atoms with Crippen LogP contribution in [0.3, 0.4) is 0 Å². The standard InChI is InChI=1S/C12H21N3O3/c1-4-5-6-10(11(16)17)14-12(18)15(3)9(2)7-8-13/h9-10H,4-7H2,1-3H3,(H,14,18)(H,16,17). The lowest BCUT2D eigenvalue weighted by Crippen LogP contribution is -2.49. The molecule has 0 saturated carbocycles. The third-order valence-electron chi connectivity index (χ3n) is 2.81. The molecule has 6 heteroatoms. The topological polar surface area (TPSA) is 93.4 Å². The summed E-state index contributed by atoms with van der Waals surface area (Å²) in [5.41, 5.74) is 0. The second kappa shape index (κ2) is 8.34. The van der Waals surface area contributed by atoms with Crippen molar-refractivity contribution in [3.8, 4) is 6.07 Å². The fourth-order valence-electron chi connectivity index (χ4n) is 1.39. The number of carbonyl (C=O) groups excluding carboxylic acids is 1. The van der Waals surface area contributed by atoms with Crippen molar-refractivity contribution in [2.75, 3.05) is 7.05 Å². The number of hydrogen-bond acceptors (Lipinski definition) is 3. The lowest BCUT2D eigenvalue weighted by atomic mass is 10.1. The Balaban J connectivity index is 4.41. The molecular formula is C12H21N3O3. The van der Waals surface area contributed by atoms with Crippen LogP contribution in [0.25, 0.3) is 0 Å². The number of nitriles is 1. The first kappa shape index (κ1) is 16.2. The van der Waals surface area contributed by atoms with E-state index in [1.807, 2.05) is 13.0 Å². The van der Waals surface area contributed by atoms with Gasteiger partial charge in [0.05, 0.1) is 12.5 Å². The van der Waals surface area contributed by atoms with E-state index in [-0.39, 0.29) is 12.5 Å². The number of amides is 2. The molecule has 0 saturated heterocycles. The van der Waals surface area contributed by atoms with E-state index in [0.717, 1.165) is 12.8 Å². The maximum atomic E-state index is 11.8. The molecule has 0 bridgehead atoms. The van der Waals surface area contributed by atoms with Gasteiger partial charge in [-0.15, -0.1) is 0 Å². The van der Waals surface area contributed by atoms with E-state index in [0.29, 0.717) is 6.42 Å². The molecule has 0 spiro atoms. The minimum Gasteiger partial charge on any atom is -0.480 e. The zero-order chi connectivity index (χ0) is 14.1. The van der Waals surface area contributed by atoms with Gasteiger partial charge in [-0.3, -0.25) is 0 Å². The fraction of sp³-hybridized carbons (Fsp3) is 0.750. The summed E-state index contributed by atoms with van der Waals surface area (Å²) < 4.78 is 0. The van der Waals surface area contributed by atoms with Crippen molar-refractivity contribution in [3.63, 3.8) is 0 Å². The van der Waals surface area contributed by atoms with Gasteiger partial charge in [0.1, 0.15) is 6.04 Å². The second-order valence-corrected chi connectivity index (χ2v) is 4.30. The molecule has 0 aromatic heterocycles. The summed E-state index contributed by atoms with van der Waals surface area (Å²) in [6.45, 7) is 3.70. The molecule has 0 rings (SSSR count). The van der Waals surface area contributed by atoms with Crippen molar-refractivity contribution >= 4 is 12.0 Å². The Morgan fingerprint density at radius 3 is 2.56 bits per heavy atom. The molecule has 18 heavy (non-hydrogen) atoms. The van der Waals surface area contributed by atoms with Gasteiger partial charge in [-0.05, 0) is 13.3 Å². The van der Waals surface area contributed by atoms with E-state index >= 15 is 0 Å². The van der Waals surface area contributed by atoms with Crippen LogP contribution in [0.5, 0.6) is 0 Å². The quantitative estimate of drug-likeness (QED) is 0.722. The molecule has 2 unspecified atom stereocenters. The number of carboxylic acid groups (broad SMARTS) is 1. The van der Waals surface area contributed by atoms with Crippen LogP contribution in [-0.4, -0.2) is 41.1 Å². The van der Waals surface area contributed by atoms with Gasteiger partial charge in [0.2, 0.25) is 0 Å². The van der Waals surface area contributed by atoms with Crippen LogP contribution in [0.4, 0.5) is 4.79 Å². The molecular weight excluding hydrogens is 234 g/mol. The number of carboxylic acids is 1. The zero-order valence-corrected chi connectivity index (χ0v) is 11.1. The Bertz CT molecular complexity index is 325. The second-order valence-electron chi connectivity index (χ2n) is 4.30. The zero-order valence-electron chi connectivity index (χ0n) is 11.1. The van der Waals surface area contributed by atoms with E-state index in [4.69, 9.17) is 10.4 Å². The Kier molecular flexibility index (Phi) is 7.52. The highest BCUT2D eigenvalue weighted by Crippen LogP contribution is 2.04. The summed E-state index contributed by atoms with van der Waals surface area (Å²) in [4.78, 5) is 24.1. The summed E-state index contributed by atoms with van der Waals surface area (Å²) in [5.74, 6) is -1.03. The van der Waals surface area contributed by atoms with Crippen LogP contribution in [0.2, 0.25) is 0 Å². The Hall–Kier alpha value is -1.77. The van der Waals surface area contributed by atoms with Gasteiger partial charge in [-0.1, -0.05) is 19.8 Å². The minimum atomic E-state index is -1.03. The Morgan fingerprint density at radius 1 is 1.50 bits per heavy atom. The predicted molar refractivity (Wildman–Crippen MR) is 66.9 cm³/mol. The van der Waals surface area contributed by atoms with E-state index in [9.17, 15) is 9.59 Å². The van der Waals surface area contributed by atoms with Crippen LogP contribution in [-0.2, 0) is 4.79 Å². The van der Waals surface area contributed by atoms with Crippen LogP contribution in [0, 0.1) is 11.3 Å². The number of aliphatic carboxylic acids is 1. The first-order valence-corrected chi connectivity index (χ1v) is 6.07. The highest BCUT2D eigenvalue weighted by Gasteiger charge is 2.23. The van der Waals surface area contributed by atoms with Crippen LogP contribution in [0.1, 0.15) is 39.5 Å². The molecule has 0 aromatic carbocycles. The van der Waals surface area contributed by atoms with Gasteiger partial charge in [-0.25, -0.2) is 9.59 Å². The average Bonchev–Trinajstić information content (AvgIpc) is 2.33. The number of rotatable bonds is 7. The lowest BCUT2D eigenvalue weighted by Gasteiger charge is -2.25. The molecule has 0 aliphatic heterocycles. The van der Waals surface area contributed by atoms with Gasteiger partial charge in [0, 0.05) is 13.1 Å². The van der Waals surface area contributed by atoms with Gasteiger partial charge in [0.15, 0.2) is 0 Å². The third-order valence-corrected chi connectivity index (χ3v) is 2.81. The fourth-order valence-corrected chi connectivity index (χ4v) is 1.39. The van der Waals surface area contributed by atoms with E-state index in [1.165, 1.54) is 4.90 Å². The van der Waals surface area contributed by atoms with Gasteiger partial charge >= 0.3 is 12.0 Å². The minimum absolute atomic E-state index is 0.219. The molecule has 102 valence electrons. The number of carbonyl (C=O) groups is 2. The number of urea groups is 1. The third kappa shape index (κ3) is 5.53. The largest absolute Gasteiger partial charge is 0.480 e. The van der Waals surface area contributed by atoms with Crippen LogP contribution < -0.4 is 5.32 Å². The molecule has 0 radical (unpaired) electrons. The maximum Gasteiger partial charge on any atom is 0.326 e. The number of hydrogen-bond donors (Lipinski definition) is 2. The summed E-state index contributed by atoms with van der Waals surface area (Å²) in [5, 5.41) is 20.0. The van der Waals surface area contributed by atoms with Crippen molar-refractivity contribution in [1.29, 1.82) is 5.26 Å². The van der Waals surface area contributed by atoms with Gasteiger partial charge in [-0.2, -0.15) is 5.26 Å². The van der Waals surface area contributed by atoms with Crippen molar-refractivity contribution in [3.05, 3.63) is 0 Å². The smallest absolute Gasteiger partial charge is 0.326 e. The summed E-state index contributed by atoms with van der Waals surface area (Å²) in [6, 6.07) is 0.412. The molecule has 0 aromatic rings.